The van der Waals surface area contributed by atoms with E-state index in [0.717, 1.165) is 5.92 Å². The van der Waals surface area contributed by atoms with E-state index in [1.54, 1.807) is 11.1 Å². The Morgan fingerprint density at radius 2 is 1.65 bits per heavy atom. The van der Waals surface area contributed by atoms with Gasteiger partial charge in [0.05, 0.1) is 0 Å². The normalized spacial score (nSPS) is 17.9. The average molecular weight is 273 g/mol. The van der Waals surface area contributed by atoms with E-state index in [1.807, 2.05) is 0 Å². The molecule has 112 valence electrons. The van der Waals surface area contributed by atoms with Crippen LogP contribution < -0.4 is 5.32 Å². The van der Waals surface area contributed by atoms with E-state index < -0.39 is 0 Å². The first-order valence-corrected chi connectivity index (χ1v) is 8.53. The Kier molecular flexibility index (Phi) is 5.65. The SMILES string of the molecule is CCC(CC)C(C)NC(C)c1ccc2c(c1)CCCC2. The Hall–Kier alpha value is -0.820. The van der Waals surface area contributed by atoms with Gasteiger partial charge >= 0.3 is 0 Å². The molecule has 0 aromatic heterocycles. The van der Waals surface area contributed by atoms with Gasteiger partial charge in [0.2, 0.25) is 0 Å². The standard InChI is InChI=1S/C19H31N/c1-5-16(6-2)14(3)20-15(4)18-12-11-17-9-7-8-10-19(17)13-18/h11-16,20H,5-10H2,1-4H3. The van der Waals surface area contributed by atoms with Gasteiger partial charge in [0.25, 0.3) is 0 Å². The van der Waals surface area contributed by atoms with E-state index in [9.17, 15) is 0 Å². The molecular formula is C19H31N. The third kappa shape index (κ3) is 3.63. The number of aryl methyl sites for hydroxylation is 2. The fraction of sp³-hybridized carbons (Fsp3) is 0.684. The topological polar surface area (TPSA) is 12.0 Å². The molecule has 1 aliphatic rings. The molecule has 0 radical (unpaired) electrons. The minimum absolute atomic E-state index is 0.456. The van der Waals surface area contributed by atoms with E-state index >= 15 is 0 Å². The minimum Gasteiger partial charge on any atom is -0.307 e. The van der Waals surface area contributed by atoms with Gasteiger partial charge in [-0.2, -0.15) is 0 Å². The number of hydrogen-bond acceptors (Lipinski definition) is 1. The van der Waals surface area contributed by atoms with Crippen molar-refractivity contribution in [3.8, 4) is 0 Å². The fourth-order valence-electron chi connectivity index (χ4n) is 3.65. The fourth-order valence-corrected chi connectivity index (χ4v) is 3.65. The van der Waals surface area contributed by atoms with Gasteiger partial charge in [0.1, 0.15) is 0 Å². The molecule has 1 aromatic rings. The van der Waals surface area contributed by atoms with Crippen LogP contribution in [0.2, 0.25) is 0 Å². The first-order valence-electron chi connectivity index (χ1n) is 8.53. The summed E-state index contributed by atoms with van der Waals surface area (Å²) >= 11 is 0. The van der Waals surface area contributed by atoms with E-state index in [4.69, 9.17) is 0 Å². The summed E-state index contributed by atoms with van der Waals surface area (Å²) < 4.78 is 0. The number of fused-ring (bicyclic) bond motifs is 1. The zero-order chi connectivity index (χ0) is 14.5. The molecule has 2 rings (SSSR count). The Morgan fingerprint density at radius 1 is 1.00 bits per heavy atom. The lowest BCUT2D eigenvalue weighted by Crippen LogP contribution is -2.35. The summed E-state index contributed by atoms with van der Waals surface area (Å²) in [5, 5.41) is 3.80. The summed E-state index contributed by atoms with van der Waals surface area (Å²) in [6.07, 6.45) is 7.82. The maximum Gasteiger partial charge on any atom is 0.0294 e. The number of hydrogen-bond donors (Lipinski definition) is 1. The molecule has 1 N–H and O–H groups in total. The van der Waals surface area contributed by atoms with Gasteiger partial charge in [-0.1, -0.05) is 44.9 Å². The van der Waals surface area contributed by atoms with E-state index in [-0.39, 0.29) is 0 Å². The largest absolute Gasteiger partial charge is 0.307 e. The van der Waals surface area contributed by atoms with Crippen LogP contribution in [0.1, 0.15) is 76.1 Å². The zero-order valence-corrected chi connectivity index (χ0v) is 13.7. The molecule has 1 aliphatic carbocycles. The molecule has 2 atom stereocenters. The summed E-state index contributed by atoms with van der Waals surface area (Å²) in [5.74, 6) is 0.787. The summed E-state index contributed by atoms with van der Waals surface area (Å²) in [6, 6.07) is 8.20. The van der Waals surface area contributed by atoms with Crippen LogP contribution in [0.25, 0.3) is 0 Å². The predicted molar refractivity (Wildman–Crippen MR) is 88.2 cm³/mol. The molecule has 2 unspecified atom stereocenters. The zero-order valence-electron chi connectivity index (χ0n) is 13.7. The Labute approximate surface area is 125 Å². The van der Waals surface area contributed by atoms with Crippen LogP contribution >= 0.6 is 0 Å². The van der Waals surface area contributed by atoms with Gasteiger partial charge in [0, 0.05) is 12.1 Å². The first-order chi connectivity index (χ1) is 9.65. The third-order valence-corrected chi connectivity index (χ3v) is 5.14. The van der Waals surface area contributed by atoms with Crippen molar-refractivity contribution < 1.29 is 0 Å². The van der Waals surface area contributed by atoms with Crippen LogP contribution in [0.3, 0.4) is 0 Å². The van der Waals surface area contributed by atoms with Crippen molar-refractivity contribution in [1.82, 2.24) is 5.32 Å². The highest BCUT2D eigenvalue weighted by atomic mass is 14.9. The molecule has 0 heterocycles. The quantitative estimate of drug-likeness (QED) is 0.765. The lowest BCUT2D eigenvalue weighted by Gasteiger charge is -2.27. The molecular weight excluding hydrogens is 242 g/mol. The number of benzene rings is 1. The molecule has 0 bridgehead atoms. The van der Waals surface area contributed by atoms with Crippen molar-refractivity contribution in [3.63, 3.8) is 0 Å². The van der Waals surface area contributed by atoms with E-state index in [1.165, 1.54) is 44.1 Å². The maximum atomic E-state index is 3.80. The molecule has 0 spiro atoms. The van der Waals surface area contributed by atoms with Crippen molar-refractivity contribution >= 4 is 0 Å². The minimum atomic E-state index is 0.456. The number of rotatable bonds is 6. The second-order valence-corrected chi connectivity index (χ2v) is 6.49. The summed E-state index contributed by atoms with van der Waals surface area (Å²) in [6.45, 7) is 9.25. The maximum absolute atomic E-state index is 3.80. The molecule has 1 aromatic carbocycles. The first kappa shape index (κ1) is 15.6. The van der Waals surface area contributed by atoms with Crippen LogP contribution in [0.5, 0.6) is 0 Å². The highest BCUT2D eigenvalue weighted by molar-refractivity contribution is 5.35. The molecule has 20 heavy (non-hydrogen) atoms. The van der Waals surface area contributed by atoms with Crippen LogP contribution in [0, 0.1) is 5.92 Å². The van der Waals surface area contributed by atoms with Gasteiger partial charge < -0.3 is 5.32 Å². The predicted octanol–water partition coefficient (Wildman–Crippen LogP) is 5.04. The molecule has 0 amide bonds. The van der Waals surface area contributed by atoms with Crippen molar-refractivity contribution in [2.45, 2.75) is 78.3 Å². The molecule has 1 heteroatoms. The highest BCUT2D eigenvalue weighted by Gasteiger charge is 2.17. The van der Waals surface area contributed by atoms with Gasteiger partial charge in [0.15, 0.2) is 0 Å². The summed E-state index contributed by atoms with van der Waals surface area (Å²) in [4.78, 5) is 0. The van der Waals surface area contributed by atoms with E-state index in [0.29, 0.717) is 12.1 Å². The van der Waals surface area contributed by atoms with Crippen LogP contribution in [0.15, 0.2) is 18.2 Å². The van der Waals surface area contributed by atoms with Crippen molar-refractivity contribution in [2.24, 2.45) is 5.92 Å². The number of nitrogens with one attached hydrogen (secondary N) is 1. The Morgan fingerprint density at radius 3 is 2.30 bits per heavy atom. The van der Waals surface area contributed by atoms with Crippen molar-refractivity contribution in [2.75, 3.05) is 0 Å². The van der Waals surface area contributed by atoms with E-state index in [2.05, 4.69) is 51.2 Å². The van der Waals surface area contributed by atoms with Crippen molar-refractivity contribution in [3.05, 3.63) is 34.9 Å². The lowest BCUT2D eigenvalue weighted by atomic mass is 9.89. The highest BCUT2D eigenvalue weighted by Crippen LogP contribution is 2.25. The molecule has 1 nitrogen and oxygen atoms in total. The smallest absolute Gasteiger partial charge is 0.0294 e. The van der Waals surface area contributed by atoms with Crippen LogP contribution in [0.4, 0.5) is 0 Å². The molecule has 0 saturated carbocycles. The monoisotopic (exact) mass is 273 g/mol. The second-order valence-electron chi connectivity index (χ2n) is 6.49. The van der Waals surface area contributed by atoms with Crippen molar-refractivity contribution in [1.29, 1.82) is 0 Å². The lowest BCUT2D eigenvalue weighted by molar-refractivity contribution is 0.330. The van der Waals surface area contributed by atoms with Crippen LogP contribution in [-0.4, -0.2) is 6.04 Å². The van der Waals surface area contributed by atoms with Gasteiger partial charge in [-0.3, -0.25) is 0 Å². The Bertz CT molecular complexity index is 420. The second kappa shape index (κ2) is 7.26. The average Bonchev–Trinajstić information content (AvgIpc) is 2.48. The molecule has 0 saturated heterocycles. The summed E-state index contributed by atoms with van der Waals surface area (Å²) in [5.41, 5.74) is 4.64. The third-order valence-electron chi connectivity index (χ3n) is 5.14. The molecule has 0 fully saturated rings. The van der Waals surface area contributed by atoms with Gasteiger partial charge in [-0.15, -0.1) is 0 Å². The Balaban J connectivity index is 2.03. The molecule has 0 aliphatic heterocycles. The van der Waals surface area contributed by atoms with Gasteiger partial charge in [-0.05, 0) is 62.1 Å². The van der Waals surface area contributed by atoms with Crippen LogP contribution in [-0.2, 0) is 12.8 Å². The summed E-state index contributed by atoms with van der Waals surface area (Å²) in [7, 11) is 0. The van der Waals surface area contributed by atoms with Gasteiger partial charge in [-0.25, -0.2) is 0 Å².